The Morgan fingerprint density at radius 1 is 0.531 bits per heavy atom. The lowest BCUT2D eigenvalue weighted by atomic mass is 9.97. The van der Waals surface area contributed by atoms with Crippen molar-refractivity contribution in [1.29, 1.82) is 0 Å². The Hall–Kier alpha value is -5.32. The van der Waals surface area contributed by atoms with Gasteiger partial charge in [0, 0.05) is 6.42 Å². The van der Waals surface area contributed by atoms with Gasteiger partial charge in [0.2, 0.25) is 17.6 Å². The van der Waals surface area contributed by atoms with Gasteiger partial charge in [-0.15, -0.1) is 0 Å². The molecule has 3 atom stereocenters. The van der Waals surface area contributed by atoms with E-state index in [2.05, 4.69) is 16.0 Å². The first kappa shape index (κ1) is 38.1. The monoisotopic (exact) mass is 671 g/mol. The zero-order valence-electron chi connectivity index (χ0n) is 28.3. The number of nitrogens with one attached hydrogen (secondary N) is 3. The number of benzene rings is 3. The van der Waals surface area contributed by atoms with E-state index in [1.165, 1.54) is 0 Å². The molecule has 260 valence electrons. The SMILES string of the molecule is CC(C)C[C@H](NC(=O)OCc1ccccc1)C(=O)N[C@@H](CC(C)C)C(=O)N[C@@H](Cc1ccccc1)C(=O)C(=O)C(=O)OCc1ccccc1. The first-order chi connectivity index (χ1) is 23.4. The molecule has 0 aromatic heterocycles. The maximum absolute atomic E-state index is 13.7. The largest absolute Gasteiger partial charge is 0.455 e. The van der Waals surface area contributed by atoms with Gasteiger partial charge in [-0.1, -0.05) is 119 Å². The van der Waals surface area contributed by atoms with Gasteiger partial charge in [-0.25, -0.2) is 9.59 Å². The van der Waals surface area contributed by atoms with Gasteiger partial charge in [0.05, 0.1) is 0 Å². The highest BCUT2D eigenvalue weighted by Gasteiger charge is 2.35. The number of rotatable bonds is 18. The number of hydrogen-bond acceptors (Lipinski definition) is 8. The number of esters is 1. The second-order valence-corrected chi connectivity index (χ2v) is 12.6. The van der Waals surface area contributed by atoms with E-state index in [1.807, 2.05) is 45.9 Å². The summed E-state index contributed by atoms with van der Waals surface area (Å²) in [5, 5.41) is 7.93. The molecular weight excluding hydrogens is 626 g/mol. The molecule has 3 amide bonds. The number of hydrogen-bond donors (Lipinski definition) is 3. The molecule has 3 aromatic rings. The minimum absolute atomic E-state index is 0.00285. The molecule has 3 rings (SSSR count). The van der Waals surface area contributed by atoms with E-state index in [9.17, 15) is 28.8 Å². The van der Waals surface area contributed by atoms with Gasteiger partial charge in [0.15, 0.2) is 0 Å². The maximum atomic E-state index is 13.7. The third-order valence-electron chi connectivity index (χ3n) is 7.41. The topological polar surface area (TPSA) is 157 Å². The molecule has 11 nitrogen and oxygen atoms in total. The van der Waals surface area contributed by atoms with Crippen LogP contribution in [0.4, 0.5) is 4.79 Å². The van der Waals surface area contributed by atoms with Crippen LogP contribution in [0.3, 0.4) is 0 Å². The van der Waals surface area contributed by atoms with E-state index in [1.54, 1.807) is 72.8 Å². The second-order valence-electron chi connectivity index (χ2n) is 12.6. The highest BCUT2D eigenvalue weighted by atomic mass is 16.5. The number of alkyl carbamates (subject to hydrolysis) is 1. The third-order valence-corrected chi connectivity index (χ3v) is 7.41. The molecule has 0 fully saturated rings. The van der Waals surface area contributed by atoms with Crippen LogP contribution in [0.15, 0.2) is 91.0 Å². The molecule has 49 heavy (non-hydrogen) atoms. The molecule has 0 saturated carbocycles. The molecule has 0 radical (unpaired) electrons. The third kappa shape index (κ3) is 13.4. The first-order valence-electron chi connectivity index (χ1n) is 16.3. The Bertz CT molecular complexity index is 1540. The van der Waals surface area contributed by atoms with E-state index in [-0.39, 0.29) is 44.3 Å². The summed E-state index contributed by atoms with van der Waals surface area (Å²) in [4.78, 5) is 78.9. The van der Waals surface area contributed by atoms with Crippen LogP contribution in [0.5, 0.6) is 0 Å². The van der Waals surface area contributed by atoms with Crippen molar-refractivity contribution in [2.45, 2.75) is 78.3 Å². The van der Waals surface area contributed by atoms with E-state index < -0.39 is 53.6 Å². The summed E-state index contributed by atoms with van der Waals surface area (Å²) in [6, 6.07) is 22.9. The highest BCUT2D eigenvalue weighted by Crippen LogP contribution is 2.12. The summed E-state index contributed by atoms with van der Waals surface area (Å²) in [5.74, 6) is -5.30. The lowest BCUT2D eigenvalue weighted by molar-refractivity contribution is -0.158. The summed E-state index contributed by atoms with van der Waals surface area (Å²) in [5.41, 5.74) is 2.04. The number of carbonyl (C=O) groups is 6. The molecule has 0 aliphatic rings. The molecule has 0 unspecified atom stereocenters. The zero-order valence-corrected chi connectivity index (χ0v) is 28.3. The van der Waals surface area contributed by atoms with Crippen molar-refractivity contribution in [2.75, 3.05) is 0 Å². The van der Waals surface area contributed by atoms with E-state index in [4.69, 9.17) is 9.47 Å². The normalized spacial score (nSPS) is 12.7. The van der Waals surface area contributed by atoms with Crippen LogP contribution in [0.2, 0.25) is 0 Å². The van der Waals surface area contributed by atoms with Crippen molar-refractivity contribution in [3.8, 4) is 0 Å². The predicted molar refractivity (Wildman–Crippen MR) is 183 cm³/mol. The molecule has 0 saturated heterocycles. The van der Waals surface area contributed by atoms with Gasteiger partial charge in [0.25, 0.3) is 0 Å². The van der Waals surface area contributed by atoms with Crippen molar-refractivity contribution in [3.63, 3.8) is 0 Å². The van der Waals surface area contributed by atoms with Crippen LogP contribution in [0, 0.1) is 11.8 Å². The summed E-state index contributed by atoms with van der Waals surface area (Å²) in [6.45, 7) is 7.29. The Labute approximate surface area is 287 Å². The Morgan fingerprint density at radius 2 is 0.939 bits per heavy atom. The summed E-state index contributed by atoms with van der Waals surface area (Å²) < 4.78 is 10.4. The van der Waals surface area contributed by atoms with Crippen molar-refractivity contribution >= 4 is 35.4 Å². The van der Waals surface area contributed by atoms with Gasteiger partial charge in [-0.2, -0.15) is 0 Å². The van der Waals surface area contributed by atoms with Gasteiger partial charge < -0.3 is 25.4 Å². The Morgan fingerprint density at radius 3 is 1.41 bits per heavy atom. The first-order valence-corrected chi connectivity index (χ1v) is 16.3. The van der Waals surface area contributed by atoms with Crippen LogP contribution in [0.25, 0.3) is 0 Å². The summed E-state index contributed by atoms with van der Waals surface area (Å²) in [7, 11) is 0. The Kier molecular flexibility index (Phi) is 15.2. The average molecular weight is 672 g/mol. The van der Waals surface area contributed by atoms with Crippen LogP contribution in [0.1, 0.15) is 57.2 Å². The number of amides is 3. The lowest BCUT2D eigenvalue weighted by Crippen LogP contribution is -2.57. The molecule has 0 aliphatic carbocycles. The van der Waals surface area contributed by atoms with Crippen molar-refractivity contribution in [1.82, 2.24) is 16.0 Å². The van der Waals surface area contributed by atoms with Crippen molar-refractivity contribution < 1.29 is 38.2 Å². The molecule has 0 heterocycles. The highest BCUT2D eigenvalue weighted by molar-refractivity contribution is 6.63. The molecule has 11 heteroatoms. The van der Waals surface area contributed by atoms with Gasteiger partial charge in [-0.3, -0.25) is 19.2 Å². The van der Waals surface area contributed by atoms with Gasteiger partial charge in [0.1, 0.15) is 31.3 Å². The molecule has 3 N–H and O–H groups in total. The Balaban J connectivity index is 1.74. The number of ether oxygens (including phenoxy) is 2. The fraction of sp³-hybridized carbons (Fsp3) is 0.368. The molecule has 0 aliphatic heterocycles. The van der Waals surface area contributed by atoms with Gasteiger partial charge >= 0.3 is 17.8 Å². The average Bonchev–Trinajstić information content (AvgIpc) is 3.09. The van der Waals surface area contributed by atoms with Crippen LogP contribution >= 0.6 is 0 Å². The lowest BCUT2D eigenvalue weighted by Gasteiger charge is -2.26. The standard InChI is InChI=1S/C38H45N3O8/c1-25(2)20-31(40-36(45)32(21-26(3)4)41-38(47)49-24-29-18-12-7-13-19-29)35(44)39-30(22-27-14-8-5-9-15-27)33(42)34(43)37(46)48-23-28-16-10-6-11-17-28/h5-19,25-26,30-32H,20-24H2,1-4H3,(H,39,44)(H,40,45)(H,41,47)/t30-,31-,32-/m0/s1. The number of Topliss-reactive ketones (excluding diaryl/α,β-unsaturated/α-hetero) is 2. The summed E-state index contributed by atoms with van der Waals surface area (Å²) in [6.07, 6.45) is -0.433. The van der Waals surface area contributed by atoms with E-state index in [0.29, 0.717) is 11.1 Å². The fourth-order valence-corrected chi connectivity index (χ4v) is 4.96. The van der Waals surface area contributed by atoms with Gasteiger partial charge in [-0.05, 0) is 41.4 Å². The predicted octanol–water partition coefficient (Wildman–Crippen LogP) is 4.47. The molecule has 0 bridgehead atoms. The van der Waals surface area contributed by atoms with Crippen molar-refractivity contribution in [3.05, 3.63) is 108 Å². The van der Waals surface area contributed by atoms with Crippen LogP contribution in [-0.2, 0) is 53.1 Å². The molecular formula is C38H45N3O8. The second kappa shape index (κ2) is 19.5. The fourth-order valence-electron chi connectivity index (χ4n) is 4.96. The smallest absolute Gasteiger partial charge is 0.408 e. The van der Waals surface area contributed by atoms with Crippen LogP contribution < -0.4 is 16.0 Å². The van der Waals surface area contributed by atoms with Crippen LogP contribution in [-0.4, -0.2) is 53.6 Å². The quantitative estimate of drug-likeness (QED) is 0.102. The zero-order chi connectivity index (χ0) is 35.8. The van der Waals surface area contributed by atoms with E-state index in [0.717, 1.165) is 5.56 Å². The minimum atomic E-state index is -1.42. The minimum Gasteiger partial charge on any atom is -0.455 e. The van der Waals surface area contributed by atoms with Crippen molar-refractivity contribution in [2.24, 2.45) is 11.8 Å². The maximum Gasteiger partial charge on any atom is 0.408 e. The molecule has 3 aromatic carbocycles. The molecule has 0 spiro atoms. The number of carbonyl (C=O) groups excluding carboxylic acids is 6. The number of ketones is 2. The summed E-state index contributed by atoms with van der Waals surface area (Å²) >= 11 is 0. The van der Waals surface area contributed by atoms with E-state index >= 15 is 0 Å².